The Bertz CT molecular complexity index is 379. The van der Waals surface area contributed by atoms with Crippen LogP contribution in [0.3, 0.4) is 0 Å². The summed E-state index contributed by atoms with van der Waals surface area (Å²) in [6.45, 7) is 9.19. The van der Waals surface area contributed by atoms with Gasteiger partial charge in [0.1, 0.15) is 5.82 Å². The van der Waals surface area contributed by atoms with Crippen molar-refractivity contribution < 1.29 is 4.39 Å². The van der Waals surface area contributed by atoms with Gasteiger partial charge in [-0.25, -0.2) is 4.39 Å². The highest BCUT2D eigenvalue weighted by atomic mass is 32.2. The van der Waals surface area contributed by atoms with Crippen LogP contribution in [0.1, 0.15) is 26.7 Å². The summed E-state index contributed by atoms with van der Waals surface area (Å²) in [6, 6.07) is 7.30. The van der Waals surface area contributed by atoms with Crippen molar-refractivity contribution in [2.24, 2.45) is 0 Å². The Labute approximate surface area is 114 Å². The highest BCUT2D eigenvalue weighted by Gasteiger charge is 2.10. The Balaban J connectivity index is 2.51. The van der Waals surface area contributed by atoms with Gasteiger partial charge in [0.05, 0.1) is 0 Å². The maximum atomic E-state index is 13.5. The van der Waals surface area contributed by atoms with Crippen LogP contribution < -0.4 is 5.32 Å². The maximum absolute atomic E-state index is 13.5. The Hall–Kier alpha value is -0.800. The van der Waals surface area contributed by atoms with E-state index in [4.69, 9.17) is 0 Å². The zero-order chi connectivity index (χ0) is 13.4. The first-order valence-corrected chi connectivity index (χ1v) is 7.43. The van der Waals surface area contributed by atoms with Gasteiger partial charge in [0.15, 0.2) is 0 Å². The molecule has 0 saturated heterocycles. The minimum absolute atomic E-state index is 0.132. The fraction of sp³-hybridized carbons (Fsp3) is 0.467. The van der Waals surface area contributed by atoms with Crippen molar-refractivity contribution in [3.63, 3.8) is 0 Å². The predicted molar refractivity (Wildman–Crippen MR) is 78.6 cm³/mol. The molecule has 1 atom stereocenters. The van der Waals surface area contributed by atoms with E-state index < -0.39 is 0 Å². The number of hydrogen-bond donors (Lipinski definition) is 1. The predicted octanol–water partition coefficient (Wildman–Crippen LogP) is 4.25. The number of hydrogen-bond acceptors (Lipinski definition) is 2. The lowest BCUT2D eigenvalue weighted by molar-refractivity contribution is 0.564. The van der Waals surface area contributed by atoms with Gasteiger partial charge in [-0.15, -0.1) is 11.8 Å². The molecule has 0 radical (unpaired) electrons. The quantitative estimate of drug-likeness (QED) is 0.558. The van der Waals surface area contributed by atoms with Crippen LogP contribution in [-0.4, -0.2) is 18.3 Å². The van der Waals surface area contributed by atoms with Crippen molar-refractivity contribution in [2.45, 2.75) is 37.6 Å². The molecule has 1 unspecified atom stereocenters. The molecule has 0 heterocycles. The maximum Gasteiger partial charge on any atom is 0.136 e. The molecular formula is C15H22FNS. The topological polar surface area (TPSA) is 12.0 Å². The van der Waals surface area contributed by atoms with E-state index in [9.17, 15) is 4.39 Å². The van der Waals surface area contributed by atoms with Crippen molar-refractivity contribution in [1.82, 2.24) is 5.32 Å². The molecule has 1 aromatic carbocycles. The lowest BCUT2D eigenvalue weighted by atomic mass is 10.1. The van der Waals surface area contributed by atoms with E-state index in [2.05, 4.69) is 25.7 Å². The molecule has 1 nitrogen and oxygen atoms in total. The first kappa shape index (κ1) is 15.3. The van der Waals surface area contributed by atoms with Crippen LogP contribution in [0.25, 0.3) is 0 Å². The van der Waals surface area contributed by atoms with E-state index in [-0.39, 0.29) is 5.82 Å². The number of halogens is 1. The van der Waals surface area contributed by atoms with Gasteiger partial charge in [0.25, 0.3) is 0 Å². The third-order valence-corrected chi connectivity index (χ3v) is 4.02. The second-order valence-electron chi connectivity index (χ2n) is 4.30. The molecule has 3 heteroatoms. The first-order valence-electron chi connectivity index (χ1n) is 6.44. The largest absolute Gasteiger partial charge is 0.313 e. The molecule has 0 aliphatic carbocycles. The Morgan fingerprint density at radius 1 is 1.39 bits per heavy atom. The normalized spacial score (nSPS) is 12.4. The smallest absolute Gasteiger partial charge is 0.136 e. The average molecular weight is 267 g/mol. The molecule has 0 aliphatic heterocycles. The summed E-state index contributed by atoms with van der Waals surface area (Å²) >= 11 is 1.57. The van der Waals surface area contributed by atoms with Gasteiger partial charge in [0, 0.05) is 16.7 Å². The van der Waals surface area contributed by atoms with Gasteiger partial charge in [-0.2, -0.15) is 0 Å². The number of benzene rings is 1. The molecular weight excluding hydrogens is 245 g/mol. The molecule has 1 aromatic rings. The number of rotatable bonds is 8. The number of thioether (sulfide) groups is 1. The lowest BCUT2D eigenvalue weighted by Crippen LogP contribution is -2.31. The summed E-state index contributed by atoms with van der Waals surface area (Å²) in [5, 5.41) is 3.43. The van der Waals surface area contributed by atoms with E-state index in [0.717, 1.165) is 30.0 Å². The van der Waals surface area contributed by atoms with Crippen LogP contribution >= 0.6 is 11.8 Å². The molecule has 0 aromatic heterocycles. The van der Waals surface area contributed by atoms with Crippen LogP contribution in [0.15, 0.2) is 41.3 Å². The van der Waals surface area contributed by atoms with Crippen LogP contribution in [0.2, 0.25) is 0 Å². The van der Waals surface area contributed by atoms with Crippen molar-refractivity contribution in [2.75, 3.05) is 12.3 Å². The van der Waals surface area contributed by atoms with Gasteiger partial charge in [-0.1, -0.05) is 38.1 Å². The highest BCUT2D eigenvalue weighted by Crippen LogP contribution is 2.23. The summed E-state index contributed by atoms with van der Waals surface area (Å²) in [5.41, 5.74) is 1.25. The molecule has 0 bridgehead atoms. The number of nitrogens with one attached hydrogen (secondary N) is 1. The summed E-state index contributed by atoms with van der Waals surface area (Å²) in [4.78, 5) is 0.725. The molecule has 0 amide bonds. The summed E-state index contributed by atoms with van der Waals surface area (Å²) in [7, 11) is 0. The molecule has 18 heavy (non-hydrogen) atoms. The second kappa shape index (κ2) is 8.33. The van der Waals surface area contributed by atoms with Gasteiger partial charge >= 0.3 is 0 Å². The molecule has 1 rings (SSSR count). The zero-order valence-corrected chi connectivity index (χ0v) is 12.0. The van der Waals surface area contributed by atoms with E-state index in [1.165, 1.54) is 11.6 Å². The van der Waals surface area contributed by atoms with Crippen molar-refractivity contribution >= 4 is 11.8 Å². The zero-order valence-electron chi connectivity index (χ0n) is 11.2. The van der Waals surface area contributed by atoms with Crippen molar-refractivity contribution in [3.05, 3.63) is 42.2 Å². The monoisotopic (exact) mass is 267 g/mol. The average Bonchev–Trinajstić information content (AvgIpc) is 2.37. The minimum atomic E-state index is -0.132. The van der Waals surface area contributed by atoms with Crippen molar-refractivity contribution in [3.8, 4) is 0 Å². The van der Waals surface area contributed by atoms with Crippen LogP contribution in [-0.2, 0) is 0 Å². The summed E-state index contributed by atoms with van der Waals surface area (Å²) < 4.78 is 13.5. The fourth-order valence-electron chi connectivity index (χ4n) is 1.72. The van der Waals surface area contributed by atoms with Crippen LogP contribution in [0, 0.1) is 5.82 Å². The highest BCUT2D eigenvalue weighted by molar-refractivity contribution is 7.99. The van der Waals surface area contributed by atoms with Crippen LogP contribution in [0.4, 0.5) is 4.39 Å². The van der Waals surface area contributed by atoms with Gasteiger partial charge < -0.3 is 5.32 Å². The molecule has 0 fully saturated rings. The van der Waals surface area contributed by atoms with E-state index >= 15 is 0 Å². The van der Waals surface area contributed by atoms with E-state index in [0.29, 0.717) is 6.04 Å². The van der Waals surface area contributed by atoms with E-state index in [1.54, 1.807) is 17.8 Å². The van der Waals surface area contributed by atoms with Crippen LogP contribution in [0.5, 0.6) is 0 Å². The first-order chi connectivity index (χ1) is 8.67. The Morgan fingerprint density at radius 2 is 2.11 bits per heavy atom. The van der Waals surface area contributed by atoms with Gasteiger partial charge in [-0.05, 0) is 31.5 Å². The van der Waals surface area contributed by atoms with Gasteiger partial charge in [-0.3, -0.25) is 0 Å². The third-order valence-electron chi connectivity index (χ3n) is 2.80. The Morgan fingerprint density at radius 3 is 2.72 bits per heavy atom. The lowest BCUT2D eigenvalue weighted by Gasteiger charge is -2.18. The molecule has 0 spiro atoms. The Kier molecular flexibility index (Phi) is 7.06. The van der Waals surface area contributed by atoms with E-state index in [1.807, 2.05) is 12.1 Å². The van der Waals surface area contributed by atoms with Crippen molar-refractivity contribution in [1.29, 1.82) is 0 Å². The molecule has 0 aliphatic rings. The SMILES string of the molecule is C=C(CC)CC(CSc1ccccc1F)NCC. The molecule has 1 N–H and O–H groups in total. The standard InChI is InChI=1S/C15H22FNS/c1-4-12(3)10-13(17-5-2)11-18-15-9-7-6-8-14(15)16/h6-9,13,17H,3-5,10-11H2,1-2H3. The second-order valence-corrected chi connectivity index (χ2v) is 5.37. The summed E-state index contributed by atoms with van der Waals surface area (Å²) in [5.74, 6) is 0.736. The third kappa shape index (κ3) is 5.23. The summed E-state index contributed by atoms with van der Waals surface area (Å²) in [6.07, 6.45) is 1.97. The fourth-order valence-corrected chi connectivity index (χ4v) is 2.72. The molecule has 0 saturated carbocycles. The van der Waals surface area contributed by atoms with Gasteiger partial charge in [0.2, 0.25) is 0 Å². The minimum Gasteiger partial charge on any atom is -0.313 e. The molecule has 100 valence electrons.